The molecule has 128 valence electrons. The molecule has 3 nitrogen and oxygen atoms in total. The van der Waals surface area contributed by atoms with E-state index < -0.39 is 6.10 Å². The van der Waals surface area contributed by atoms with Gasteiger partial charge in [-0.25, -0.2) is 8.78 Å². The van der Waals surface area contributed by atoms with Crippen molar-refractivity contribution in [1.29, 1.82) is 0 Å². The molecule has 0 aliphatic carbocycles. The van der Waals surface area contributed by atoms with Crippen LogP contribution in [0.4, 0.5) is 8.78 Å². The smallest absolute Gasteiger partial charge is 0.123 e. The monoisotopic (exact) mass is 332 g/mol. The first-order valence-electron chi connectivity index (χ1n) is 8.31. The van der Waals surface area contributed by atoms with Crippen molar-refractivity contribution in [3.63, 3.8) is 0 Å². The fraction of sp³-hybridized carbons (Fsp3) is 0.368. The molecule has 0 spiro atoms. The fourth-order valence-electron chi connectivity index (χ4n) is 3.29. The molecule has 0 bridgehead atoms. The van der Waals surface area contributed by atoms with Gasteiger partial charge in [0.1, 0.15) is 11.6 Å². The predicted octanol–water partition coefficient (Wildman–Crippen LogP) is 3.78. The average molecular weight is 332 g/mol. The number of rotatable bonds is 6. The van der Waals surface area contributed by atoms with E-state index in [1.165, 1.54) is 24.3 Å². The zero-order chi connectivity index (χ0) is 17.3. The van der Waals surface area contributed by atoms with E-state index in [4.69, 9.17) is 0 Å². The van der Waals surface area contributed by atoms with Gasteiger partial charge in [0, 0.05) is 28.4 Å². The van der Waals surface area contributed by atoms with Crippen LogP contribution in [-0.4, -0.2) is 40.3 Å². The lowest BCUT2D eigenvalue weighted by Crippen LogP contribution is -2.34. The van der Waals surface area contributed by atoms with Crippen LogP contribution in [0.25, 0.3) is 21.8 Å². The van der Waals surface area contributed by atoms with Crippen LogP contribution < -0.4 is 0 Å². The topological polar surface area (TPSA) is 28.4 Å². The van der Waals surface area contributed by atoms with E-state index in [1.54, 1.807) is 12.1 Å². The van der Waals surface area contributed by atoms with Crippen LogP contribution >= 0.6 is 0 Å². The summed E-state index contributed by atoms with van der Waals surface area (Å²) in [5.74, 6) is -0.705. The maximum Gasteiger partial charge on any atom is 0.123 e. The zero-order valence-corrected chi connectivity index (χ0v) is 14.0. The molecule has 0 saturated heterocycles. The molecule has 0 aliphatic heterocycles. The number of fused-ring (bicyclic) bond motifs is 3. The Labute approximate surface area is 140 Å². The summed E-state index contributed by atoms with van der Waals surface area (Å²) in [5, 5.41) is 11.8. The minimum absolute atomic E-state index is 0.352. The lowest BCUT2D eigenvalue weighted by atomic mass is 10.1. The summed E-state index contributed by atoms with van der Waals surface area (Å²) in [4.78, 5) is 2.15. The Kier molecular flexibility index (Phi) is 4.83. The van der Waals surface area contributed by atoms with Crippen molar-refractivity contribution in [1.82, 2.24) is 9.47 Å². The molecule has 1 unspecified atom stereocenters. The van der Waals surface area contributed by atoms with Crippen molar-refractivity contribution < 1.29 is 13.9 Å². The van der Waals surface area contributed by atoms with Gasteiger partial charge in [-0.15, -0.1) is 0 Å². The third-order valence-corrected chi connectivity index (χ3v) is 4.55. The molecule has 0 saturated carbocycles. The van der Waals surface area contributed by atoms with Crippen LogP contribution in [0.5, 0.6) is 0 Å². The summed E-state index contributed by atoms with van der Waals surface area (Å²) in [6, 6.07) is 9.00. The molecule has 3 aromatic rings. The van der Waals surface area contributed by atoms with E-state index in [2.05, 4.69) is 18.7 Å². The molecule has 1 aromatic heterocycles. The quantitative estimate of drug-likeness (QED) is 0.744. The normalized spacial score (nSPS) is 13.2. The number of nitrogens with zero attached hydrogens (tertiary/aromatic N) is 2. The Morgan fingerprint density at radius 1 is 0.958 bits per heavy atom. The van der Waals surface area contributed by atoms with Crippen molar-refractivity contribution in [3.8, 4) is 0 Å². The van der Waals surface area contributed by atoms with E-state index in [0.29, 0.717) is 23.9 Å². The molecule has 1 heterocycles. The molecular weight excluding hydrogens is 310 g/mol. The Morgan fingerprint density at radius 3 is 1.92 bits per heavy atom. The Bertz CT molecular complexity index is 796. The predicted molar refractivity (Wildman–Crippen MR) is 93.2 cm³/mol. The van der Waals surface area contributed by atoms with Crippen LogP contribution in [0.1, 0.15) is 13.8 Å². The van der Waals surface area contributed by atoms with Crippen molar-refractivity contribution >= 4 is 21.8 Å². The van der Waals surface area contributed by atoms with Crippen molar-refractivity contribution in [2.75, 3.05) is 19.6 Å². The van der Waals surface area contributed by atoms with Crippen molar-refractivity contribution in [2.24, 2.45) is 0 Å². The minimum Gasteiger partial charge on any atom is -0.390 e. The van der Waals surface area contributed by atoms with Gasteiger partial charge in [0.15, 0.2) is 0 Å². The average Bonchev–Trinajstić information content (AvgIpc) is 2.85. The van der Waals surface area contributed by atoms with Crippen LogP contribution in [0.15, 0.2) is 36.4 Å². The summed E-state index contributed by atoms with van der Waals surface area (Å²) in [5.41, 5.74) is 1.60. The molecule has 0 aliphatic rings. The van der Waals surface area contributed by atoms with Gasteiger partial charge in [0.05, 0.1) is 12.6 Å². The summed E-state index contributed by atoms with van der Waals surface area (Å²) in [7, 11) is 0. The summed E-state index contributed by atoms with van der Waals surface area (Å²) in [6.07, 6.45) is -0.557. The number of aliphatic hydroxyl groups is 1. The van der Waals surface area contributed by atoms with Gasteiger partial charge in [0.2, 0.25) is 0 Å². The van der Waals surface area contributed by atoms with Gasteiger partial charge in [-0.05, 0) is 49.5 Å². The number of benzene rings is 2. The molecule has 0 fully saturated rings. The Morgan fingerprint density at radius 2 is 1.46 bits per heavy atom. The molecule has 3 rings (SSSR count). The first-order valence-corrected chi connectivity index (χ1v) is 8.31. The van der Waals surface area contributed by atoms with Gasteiger partial charge >= 0.3 is 0 Å². The largest absolute Gasteiger partial charge is 0.390 e. The molecule has 0 amide bonds. The highest BCUT2D eigenvalue weighted by Crippen LogP contribution is 2.30. The number of aromatic nitrogens is 1. The molecule has 1 atom stereocenters. The van der Waals surface area contributed by atoms with E-state index in [9.17, 15) is 13.9 Å². The maximum atomic E-state index is 13.6. The third kappa shape index (κ3) is 3.14. The van der Waals surface area contributed by atoms with Gasteiger partial charge in [-0.3, -0.25) is 0 Å². The van der Waals surface area contributed by atoms with Crippen LogP contribution in [0, 0.1) is 11.6 Å². The van der Waals surface area contributed by atoms with E-state index in [0.717, 1.165) is 24.1 Å². The molecule has 5 heteroatoms. The first-order chi connectivity index (χ1) is 11.5. The van der Waals surface area contributed by atoms with E-state index >= 15 is 0 Å². The Balaban J connectivity index is 2.05. The van der Waals surface area contributed by atoms with E-state index in [-0.39, 0.29) is 11.6 Å². The van der Waals surface area contributed by atoms with Crippen LogP contribution in [0.3, 0.4) is 0 Å². The summed E-state index contributed by atoms with van der Waals surface area (Å²) in [6.45, 7) is 6.81. The maximum absolute atomic E-state index is 13.6. The minimum atomic E-state index is -0.557. The standard InChI is InChI=1S/C19H22F2N2O/c1-3-22(4-2)11-15(24)12-23-18-7-5-13(20)9-16(18)17-10-14(21)6-8-19(17)23/h5-10,15,24H,3-4,11-12H2,1-2H3. The van der Waals surface area contributed by atoms with Crippen LogP contribution in [-0.2, 0) is 6.54 Å². The summed E-state index contributed by atoms with van der Waals surface area (Å²) >= 11 is 0. The number of halogens is 2. The number of hydrogen-bond acceptors (Lipinski definition) is 2. The molecule has 24 heavy (non-hydrogen) atoms. The summed E-state index contributed by atoms with van der Waals surface area (Å²) < 4.78 is 29.2. The first kappa shape index (κ1) is 16.9. The fourth-order valence-corrected chi connectivity index (χ4v) is 3.29. The van der Waals surface area contributed by atoms with Crippen molar-refractivity contribution in [2.45, 2.75) is 26.5 Å². The van der Waals surface area contributed by atoms with Gasteiger partial charge in [-0.1, -0.05) is 13.8 Å². The Hall–Kier alpha value is -1.98. The highest BCUT2D eigenvalue weighted by molar-refractivity contribution is 6.08. The molecule has 0 radical (unpaired) electrons. The second kappa shape index (κ2) is 6.87. The second-order valence-electron chi connectivity index (χ2n) is 6.07. The van der Waals surface area contributed by atoms with Crippen molar-refractivity contribution in [3.05, 3.63) is 48.0 Å². The number of likely N-dealkylation sites (N-methyl/N-ethyl adjacent to an activating group) is 1. The van der Waals surface area contributed by atoms with Crippen LogP contribution in [0.2, 0.25) is 0 Å². The van der Waals surface area contributed by atoms with Gasteiger partial charge in [0.25, 0.3) is 0 Å². The van der Waals surface area contributed by atoms with E-state index in [1.807, 2.05) is 4.57 Å². The number of hydrogen-bond donors (Lipinski definition) is 1. The molecule has 2 aromatic carbocycles. The highest BCUT2D eigenvalue weighted by atomic mass is 19.1. The number of aliphatic hydroxyl groups excluding tert-OH is 1. The molecule has 1 N–H and O–H groups in total. The second-order valence-corrected chi connectivity index (χ2v) is 6.07. The molecular formula is C19H22F2N2O. The van der Waals surface area contributed by atoms with Gasteiger partial charge in [-0.2, -0.15) is 0 Å². The van der Waals surface area contributed by atoms with Gasteiger partial charge < -0.3 is 14.6 Å². The SMILES string of the molecule is CCN(CC)CC(O)Cn1c2ccc(F)cc2c2cc(F)ccc21. The zero-order valence-electron chi connectivity index (χ0n) is 14.0. The highest BCUT2D eigenvalue weighted by Gasteiger charge is 2.16. The lowest BCUT2D eigenvalue weighted by molar-refractivity contribution is 0.105. The third-order valence-electron chi connectivity index (χ3n) is 4.55. The lowest BCUT2D eigenvalue weighted by Gasteiger charge is -2.22.